The van der Waals surface area contributed by atoms with Crippen molar-refractivity contribution in [2.24, 2.45) is 11.3 Å². The zero-order chi connectivity index (χ0) is 21.0. The predicted molar refractivity (Wildman–Crippen MR) is 123 cm³/mol. The summed E-state index contributed by atoms with van der Waals surface area (Å²) in [7, 11) is 2.08. The Hall–Kier alpha value is -1.36. The number of hydrogen-bond acceptors (Lipinski definition) is 3. The van der Waals surface area contributed by atoms with Crippen molar-refractivity contribution in [3.8, 4) is 0 Å². The molecule has 0 aromatic carbocycles. The Kier molecular flexibility index (Phi) is 7.42. The highest BCUT2D eigenvalue weighted by Gasteiger charge is 2.49. The van der Waals surface area contributed by atoms with Gasteiger partial charge in [0.25, 0.3) is 0 Å². The highest BCUT2D eigenvalue weighted by Crippen LogP contribution is 2.46. The van der Waals surface area contributed by atoms with Crippen molar-refractivity contribution < 1.29 is 4.79 Å². The fourth-order valence-corrected chi connectivity index (χ4v) is 5.56. The second kappa shape index (κ2) is 9.64. The van der Waals surface area contributed by atoms with Gasteiger partial charge >= 0.3 is 0 Å². The van der Waals surface area contributed by atoms with Gasteiger partial charge in [-0.1, -0.05) is 52.1 Å². The maximum absolute atomic E-state index is 13.8. The van der Waals surface area contributed by atoms with Crippen molar-refractivity contribution >= 4 is 19.2 Å². The van der Waals surface area contributed by atoms with Crippen molar-refractivity contribution in [3.05, 3.63) is 23.5 Å². The average Bonchev–Trinajstić information content (AvgIpc) is 3.12. The molecule has 3 rings (SSSR count). The molecule has 2 heterocycles. The molecule has 1 aromatic heterocycles. The van der Waals surface area contributed by atoms with Crippen molar-refractivity contribution in [3.63, 3.8) is 0 Å². The number of rotatable bonds is 8. The second-order valence-electron chi connectivity index (χ2n) is 9.79. The number of fused-ring (bicyclic) bond motifs is 1. The Morgan fingerprint density at radius 2 is 2.07 bits per heavy atom. The molecule has 1 N–H and O–H groups in total. The van der Waals surface area contributed by atoms with Gasteiger partial charge in [-0.15, -0.1) is 0 Å². The van der Waals surface area contributed by atoms with Gasteiger partial charge in [0.2, 0.25) is 5.91 Å². The van der Waals surface area contributed by atoms with E-state index in [2.05, 4.69) is 56.8 Å². The Balaban J connectivity index is 1.72. The van der Waals surface area contributed by atoms with Crippen molar-refractivity contribution in [2.45, 2.75) is 97.7 Å². The number of aromatic nitrogens is 1. The summed E-state index contributed by atoms with van der Waals surface area (Å²) in [6.45, 7) is 10.6. The van der Waals surface area contributed by atoms with E-state index in [0.29, 0.717) is 23.9 Å². The van der Waals surface area contributed by atoms with Crippen LogP contribution in [0.4, 0.5) is 0 Å². The highest BCUT2D eigenvalue weighted by molar-refractivity contribution is 6.32. The minimum atomic E-state index is -0.213. The summed E-state index contributed by atoms with van der Waals surface area (Å²) in [5.74, 6) is 0.751. The first kappa shape index (κ1) is 22.3. The molecular weight excluding hydrogens is 357 g/mol. The van der Waals surface area contributed by atoms with Crippen LogP contribution in [0.2, 0.25) is 0 Å². The molecule has 1 aromatic rings. The molecule has 0 spiro atoms. The predicted octanol–water partition coefficient (Wildman–Crippen LogP) is 2.98. The zero-order valence-electron chi connectivity index (χ0n) is 19.3. The Bertz CT molecular complexity index is 701. The smallest absolute Gasteiger partial charge is 0.229 e. The molecule has 0 radical (unpaired) electrons. The lowest BCUT2D eigenvalue weighted by molar-refractivity contribution is -0.145. The standard InChI is InChI=1S/C24H40BN3O/c1-5-7-20(8-6-2)27-21-9-11-24(14-21,17(3)4)23(29)28-12-10-22-18(16-28)13-19(25)15-26-22/h13,15,17,20-21,27H,5-12,14,16,25H2,1-4H3/t21-,24+/m1/s1. The third kappa shape index (κ3) is 4.87. The van der Waals surface area contributed by atoms with Gasteiger partial charge in [-0.3, -0.25) is 9.78 Å². The van der Waals surface area contributed by atoms with Crippen LogP contribution in [0.5, 0.6) is 0 Å². The number of hydrogen-bond donors (Lipinski definition) is 1. The molecule has 2 aliphatic rings. The summed E-state index contributed by atoms with van der Waals surface area (Å²) in [5, 5.41) is 3.93. The monoisotopic (exact) mass is 397 g/mol. The Labute approximate surface area is 178 Å². The van der Waals surface area contributed by atoms with Gasteiger partial charge in [0.15, 0.2) is 0 Å². The summed E-state index contributed by atoms with van der Waals surface area (Å²) in [6, 6.07) is 3.29. The lowest BCUT2D eigenvalue weighted by Crippen LogP contribution is -2.48. The summed E-state index contributed by atoms with van der Waals surface area (Å²) >= 11 is 0. The third-order valence-electron chi connectivity index (χ3n) is 7.29. The van der Waals surface area contributed by atoms with Gasteiger partial charge in [-0.25, -0.2) is 0 Å². The number of nitrogens with one attached hydrogen (secondary N) is 1. The minimum Gasteiger partial charge on any atom is -0.337 e. The van der Waals surface area contributed by atoms with Crippen LogP contribution in [-0.2, 0) is 17.8 Å². The molecule has 160 valence electrons. The van der Waals surface area contributed by atoms with Crippen LogP contribution < -0.4 is 10.8 Å². The van der Waals surface area contributed by atoms with Gasteiger partial charge in [0.1, 0.15) is 7.85 Å². The molecule has 2 atom stereocenters. The maximum atomic E-state index is 13.8. The topological polar surface area (TPSA) is 45.2 Å². The summed E-state index contributed by atoms with van der Waals surface area (Å²) in [4.78, 5) is 20.5. The number of amides is 1. The fourth-order valence-electron chi connectivity index (χ4n) is 5.56. The van der Waals surface area contributed by atoms with Crippen LogP contribution in [0.3, 0.4) is 0 Å². The van der Waals surface area contributed by atoms with E-state index >= 15 is 0 Å². The van der Waals surface area contributed by atoms with E-state index in [9.17, 15) is 4.79 Å². The van der Waals surface area contributed by atoms with Gasteiger partial charge < -0.3 is 10.2 Å². The highest BCUT2D eigenvalue weighted by atomic mass is 16.2. The fraction of sp³-hybridized carbons (Fsp3) is 0.750. The van der Waals surface area contributed by atoms with E-state index in [1.807, 2.05) is 6.20 Å². The first-order valence-corrected chi connectivity index (χ1v) is 11.9. The molecule has 4 nitrogen and oxygen atoms in total. The SMILES string of the molecule is Bc1cnc2c(c1)CN(C(=O)[C@@]1(C(C)C)CC[C@@H](NC(CCC)CCC)C1)CC2. The average molecular weight is 397 g/mol. The molecular formula is C24H40BN3O. The summed E-state index contributed by atoms with van der Waals surface area (Å²) < 4.78 is 0. The molecule has 1 aliphatic heterocycles. The van der Waals surface area contributed by atoms with E-state index in [1.54, 1.807) is 0 Å². The van der Waals surface area contributed by atoms with Crippen LogP contribution in [0, 0.1) is 11.3 Å². The number of nitrogens with zero attached hydrogens (tertiary/aromatic N) is 2. The second-order valence-corrected chi connectivity index (χ2v) is 9.79. The van der Waals surface area contributed by atoms with E-state index in [-0.39, 0.29) is 5.41 Å². The molecule has 1 saturated carbocycles. The van der Waals surface area contributed by atoms with Crippen LogP contribution >= 0.6 is 0 Å². The van der Waals surface area contributed by atoms with Crippen molar-refractivity contribution in [2.75, 3.05) is 6.54 Å². The molecule has 29 heavy (non-hydrogen) atoms. The summed E-state index contributed by atoms with van der Waals surface area (Å²) in [6.07, 6.45) is 10.9. The Morgan fingerprint density at radius 1 is 1.34 bits per heavy atom. The minimum absolute atomic E-state index is 0.213. The van der Waals surface area contributed by atoms with Gasteiger partial charge in [0, 0.05) is 43.5 Å². The molecule has 0 bridgehead atoms. The van der Waals surface area contributed by atoms with Crippen molar-refractivity contribution in [1.82, 2.24) is 15.2 Å². The van der Waals surface area contributed by atoms with Crippen molar-refractivity contribution in [1.29, 1.82) is 0 Å². The van der Waals surface area contributed by atoms with Gasteiger partial charge in [0.05, 0.1) is 5.41 Å². The lowest BCUT2D eigenvalue weighted by atomic mass is 9.74. The summed E-state index contributed by atoms with van der Waals surface area (Å²) in [5.41, 5.74) is 3.38. The molecule has 1 fully saturated rings. The maximum Gasteiger partial charge on any atom is 0.229 e. The lowest BCUT2D eigenvalue weighted by Gasteiger charge is -2.39. The van der Waals surface area contributed by atoms with Crippen LogP contribution in [0.25, 0.3) is 0 Å². The van der Waals surface area contributed by atoms with E-state index in [4.69, 9.17) is 0 Å². The van der Waals surface area contributed by atoms with E-state index < -0.39 is 0 Å². The Morgan fingerprint density at radius 3 is 2.72 bits per heavy atom. The number of carbonyl (C=O) groups is 1. The zero-order valence-corrected chi connectivity index (χ0v) is 19.3. The van der Waals surface area contributed by atoms with Crippen LogP contribution in [-0.4, -0.2) is 42.3 Å². The van der Waals surface area contributed by atoms with Gasteiger partial charge in [-0.2, -0.15) is 0 Å². The molecule has 1 aliphatic carbocycles. The van der Waals surface area contributed by atoms with E-state index in [1.165, 1.54) is 42.4 Å². The third-order valence-corrected chi connectivity index (χ3v) is 7.29. The number of pyridine rings is 1. The number of carbonyl (C=O) groups excluding carboxylic acids is 1. The largest absolute Gasteiger partial charge is 0.337 e. The normalized spacial score (nSPS) is 24.3. The van der Waals surface area contributed by atoms with E-state index in [0.717, 1.165) is 38.8 Å². The molecule has 0 unspecified atom stereocenters. The molecule has 5 heteroatoms. The van der Waals surface area contributed by atoms with Gasteiger partial charge in [-0.05, 0) is 43.6 Å². The first-order valence-electron chi connectivity index (χ1n) is 11.9. The first-order chi connectivity index (χ1) is 13.9. The molecule has 1 amide bonds. The molecule has 0 saturated heterocycles. The quantitative estimate of drug-likeness (QED) is 0.686. The van der Waals surface area contributed by atoms with Crippen LogP contribution in [0.15, 0.2) is 12.3 Å². The van der Waals surface area contributed by atoms with Crippen LogP contribution in [0.1, 0.15) is 83.9 Å².